The first-order valence-corrected chi connectivity index (χ1v) is 5.54. The smallest absolute Gasteiger partial charge is 0.132 e. The van der Waals surface area contributed by atoms with Crippen LogP contribution in [0.3, 0.4) is 0 Å². The van der Waals surface area contributed by atoms with Crippen LogP contribution in [0.1, 0.15) is 44.3 Å². The zero-order valence-corrected chi connectivity index (χ0v) is 9.38. The topological polar surface area (TPSA) is 29.9 Å². The van der Waals surface area contributed by atoms with Crippen LogP contribution in [-0.4, -0.2) is 16.3 Å². The minimum Gasteiger partial charge on any atom is -0.310 e. The fraction of sp³-hybridized carbons (Fsp3) is 0.700. The van der Waals surface area contributed by atoms with Gasteiger partial charge < -0.3 is 5.32 Å². The number of hydrogen-bond acceptors (Lipinski definition) is 2. The summed E-state index contributed by atoms with van der Waals surface area (Å²) in [5, 5.41) is 8.52. The van der Waals surface area contributed by atoms with Crippen LogP contribution in [0.4, 0.5) is 0 Å². The summed E-state index contributed by atoms with van der Waals surface area (Å²) in [5.41, 5.74) is 1.15. The lowest BCUT2D eigenvalue weighted by Crippen LogP contribution is -2.13. The summed E-state index contributed by atoms with van der Waals surface area (Å²) in [6.45, 7) is 5.27. The third-order valence-electron chi connectivity index (χ3n) is 2.69. The van der Waals surface area contributed by atoms with E-state index in [0.29, 0.717) is 12.1 Å². The van der Waals surface area contributed by atoms with Gasteiger partial charge in [-0.25, -0.2) is 0 Å². The van der Waals surface area contributed by atoms with Crippen molar-refractivity contribution in [3.05, 3.63) is 16.9 Å². The number of nitrogens with one attached hydrogen (secondary N) is 1. The van der Waals surface area contributed by atoms with Crippen LogP contribution >= 0.6 is 11.6 Å². The molecule has 1 aliphatic heterocycles. The number of aromatic nitrogens is 2. The number of halogens is 1. The highest BCUT2D eigenvalue weighted by molar-refractivity contribution is 6.30. The van der Waals surface area contributed by atoms with Crippen LogP contribution in [0.25, 0.3) is 0 Å². The molecule has 1 aliphatic rings. The van der Waals surface area contributed by atoms with Gasteiger partial charge in [0.2, 0.25) is 0 Å². The average molecular weight is 214 g/mol. The van der Waals surface area contributed by atoms with Crippen LogP contribution in [0.2, 0.25) is 5.15 Å². The van der Waals surface area contributed by atoms with Crippen molar-refractivity contribution in [3.8, 4) is 0 Å². The first-order chi connectivity index (χ1) is 6.70. The van der Waals surface area contributed by atoms with Crippen LogP contribution in [0.15, 0.2) is 6.20 Å². The monoisotopic (exact) mass is 213 g/mol. The van der Waals surface area contributed by atoms with Gasteiger partial charge in [-0.1, -0.05) is 11.6 Å². The van der Waals surface area contributed by atoms with Crippen LogP contribution in [-0.2, 0) is 0 Å². The van der Waals surface area contributed by atoms with E-state index in [-0.39, 0.29) is 0 Å². The zero-order chi connectivity index (χ0) is 10.1. The molecule has 0 amide bonds. The fourth-order valence-corrected chi connectivity index (χ4v) is 2.32. The van der Waals surface area contributed by atoms with Crippen molar-refractivity contribution in [2.24, 2.45) is 0 Å². The molecule has 1 N–H and O–H groups in total. The molecule has 1 saturated heterocycles. The van der Waals surface area contributed by atoms with Gasteiger partial charge in [0.15, 0.2) is 0 Å². The molecule has 0 bridgehead atoms. The molecule has 14 heavy (non-hydrogen) atoms. The molecule has 2 rings (SSSR count). The third-order valence-corrected chi connectivity index (χ3v) is 3.08. The Morgan fingerprint density at radius 1 is 1.64 bits per heavy atom. The van der Waals surface area contributed by atoms with Crippen LogP contribution < -0.4 is 5.32 Å². The molecule has 1 aromatic rings. The highest BCUT2D eigenvalue weighted by Gasteiger charge is 2.22. The van der Waals surface area contributed by atoms with Crippen LogP contribution in [0, 0.1) is 0 Å². The van der Waals surface area contributed by atoms with E-state index in [9.17, 15) is 0 Å². The van der Waals surface area contributed by atoms with Crippen molar-refractivity contribution < 1.29 is 0 Å². The second-order valence-corrected chi connectivity index (χ2v) is 4.44. The minimum atomic E-state index is 0.331. The van der Waals surface area contributed by atoms with E-state index in [0.717, 1.165) is 17.3 Å². The Morgan fingerprint density at radius 3 is 2.93 bits per heavy atom. The Morgan fingerprint density at radius 2 is 2.43 bits per heavy atom. The van der Waals surface area contributed by atoms with Gasteiger partial charge in [0, 0.05) is 17.6 Å². The van der Waals surface area contributed by atoms with E-state index in [1.54, 1.807) is 0 Å². The highest BCUT2D eigenvalue weighted by Crippen LogP contribution is 2.30. The Kier molecular flexibility index (Phi) is 2.79. The quantitative estimate of drug-likeness (QED) is 0.819. The van der Waals surface area contributed by atoms with Gasteiger partial charge in [-0.2, -0.15) is 5.10 Å². The van der Waals surface area contributed by atoms with Gasteiger partial charge in [-0.3, -0.25) is 4.68 Å². The first kappa shape index (κ1) is 9.99. The Balaban J connectivity index is 2.26. The summed E-state index contributed by atoms with van der Waals surface area (Å²) < 4.78 is 1.87. The molecule has 1 atom stereocenters. The van der Waals surface area contributed by atoms with Gasteiger partial charge in [-0.15, -0.1) is 0 Å². The van der Waals surface area contributed by atoms with Crippen molar-refractivity contribution in [1.29, 1.82) is 0 Å². The van der Waals surface area contributed by atoms with Crippen molar-refractivity contribution >= 4 is 11.6 Å². The summed E-state index contributed by atoms with van der Waals surface area (Å²) in [6.07, 6.45) is 4.29. The van der Waals surface area contributed by atoms with Crippen molar-refractivity contribution in [2.75, 3.05) is 6.54 Å². The Hall–Kier alpha value is -0.540. The zero-order valence-electron chi connectivity index (χ0n) is 8.63. The fourth-order valence-electron chi connectivity index (χ4n) is 1.90. The molecule has 2 heterocycles. The molecule has 1 unspecified atom stereocenters. The summed E-state index contributed by atoms with van der Waals surface area (Å²) in [5.74, 6) is 0. The lowest BCUT2D eigenvalue weighted by Gasteiger charge is -2.10. The lowest BCUT2D eigenvalue weighted by molar-refractivity contribution is 0.531. The van der Waals surface area contributed by atoms with Gasteiger partial charge in [0.1, 0.15) is 5.15 Å². The standard InChI is InChI=1S/C10H16ClN3/c1-7(2)14-10(11)8(6-13-14)9-4-3-5-12-9/h6-7,9,12H,3-5H2,1-2H3. The molecule has 3 nitrogen and oxygen atoms in total. The van der Waals surface area contributed by atoms with Gasteiger partial charge in [-0.05, 0) is 33.2 Å². The van der Waals surface area contributed by atoms with Crippen molar-refractivity contribution in [3.63, 3.8) is 0 Å². The summed E-state index contributed by atoms with van der Waals surface area (Å²) in [6, 6.07) is 0.743. The molecule has 1 aromatic heterocycles. The van der Waals surface area contributed by atoms with Gasteiger partial charge in [0.25, 0.3) is 0 Å². The minimum absolute atomic E-state index is 0.331. The van der Waals surface area contributed by atoms with E-state index in [1.165, 1.54) is 12.8 Å². The molecule has 0 aliphatic carbocycles. The largest absolute Gasteiger partial charge is 0.310 e. The molecule has 0 saturated carbocycles. The molecule has 4 heteroatoms. The molecular formula is C10H16ClN3. The molecule has 0 aromatic carbocycles. The number of rotatable bonds is 2. The maximum Gasteiger partial charge on any atom is 0.132 e. The maximum absolute atomic E-state index is 6.26. The van der Waals surface area contributed by atoms with Crippen molar-refractivity contribution in [2.45, 2.75) is 38.8 Å². The predicted molar refractivity (Wildman–Crippen MR) is 57.6 cm³/mol. The Bertz CT molecular complexity index is 313. The van der Waals surface area contributed by atoms with Gasteiger partial charge in [0.05, 0.1) is 6.20 Å². The maximum atomic E-state index is 6.26. The normalized spacial score (nSPS) is 22.1. The second-order valence-electron chi connectivity index (χ2n) is 4.08. The van der Waals surface area contributed by atoms with E-state index in [2.05, 4.69) is 24.3 Å². The van der Waals surface area contributed by atoms with E-state index < -0.39 is 0 Å². The van der Waals surface area contributed by atoms with E-state index in [1.807, 2.05) is 10.9 Å². The summed E-state index contributed by atoms with van der Waals surface area (Å²) >= 11 is 6.26. The molecule has 78 valence electrons. The molecule has 0 spiro atoms. The number of hydrogen-bond donors (Lipinski definition) is 1. The van der Waals surface area contributed by atoms with Crippen LogP contribution in [0.5, 0.6) is 0 Å². The van der Waals surface area contributed by atoms with Gasteiger partial charge >= 0.3 is 0 Å². The van der Waals surface area contributed by atoms with E-state index >= 15 is 0 Å². The summed E-state index contributed by atoms with van der Waals surface area (Å²) in [4.78, 5) is 0. The third kappa shape index (κ3) is 1.66. The lowest BCUT2D eigenvalue weighted by atomic mass is 10.1. The predicted octanol–water partition coefficient (Wildman–Crippen LogP) is 2.54. The molecule has 0 radical (unpaired) electrons. The highest BCUT2D eigenvalue weighted by atomic mass is 35.5. The number of nitrogens with zero attached hydrogens (tertiary/aromatic N) is 2. The SMILES string of the molecule is CC(C)n1ncc(C2CCCN2)c1Cl. The average Bonchev–Trinajstić information content (AvgIpc) is 2.71. The summed E-state index contributed by atoms with van der Waals surface area (Å²) in [7, 11) is 0. The molecule has 1 fully saturated rings. The van der Waals surface area contributed by atoms with E-state index in [4.69, 9.17) is 11.6 Å². The van der Waals surface area contributed by atoms with Crippen molar-refractivity contribution in [1.82, 2.24) is 15.1 Å². The Labute approximate surface area is 89.4 Å². The second kappa shape index (κ2) is 3.91. The molecular weight excluding hydrogens is 198 g/mol. The first-order valence-electron chi connectivity index (χ1n) is 5.16.